The van der Waals surface area contributed by atoms with E-state index in [1.807, 2.05) is 20.8 Å². The molecule has 3 nitrogen and oxygen atoms in total. The Morgan fingerprint density at radius 3 is 2.15 bits per heavy atom. The van der Waals surface area contributed by atoms with Crippen molar-refractivity contribution in [3.8, 4) is 0 Å². The molecule has 13 heavy (non-hydrogen) atoms. The SMILES string of the molecule is COC(=O)C(Br)CC(=O)C(C)(C)C. The van der Waals surface area contributed by atoms with Crippen molar-refractivity contribution in [3.05, 3.63) is 0 Å². The number of ketones is 1. The first-order valence-corrected chi connectivity index (χ1v) is 4.95. The predicted octanol–water partition coefficient (Wildman–Crippen LogP) is 1.93. The molecule has 4 heteroatoms. The predicted molar refractivity (Wildman–Crippen MR) is 53.8 cm³/mol. The standard InChI is InChI=1S/C9H15BrO3/c1-9(2,3)7(11)5-6(10)8(12)13-4/h6H,5H2,1-4H3. The van der Waals surface area contributed by atoms with Gasteiger partial charge in [-0.05, 0) is 0 Å². The van der Waals surface area contributed by atoms with Crippen LogP contribution in [0.5, 0.6) is 0 Å². The van der Waals surface area contributed by atoms with Crippen LogP contribution in [0.25, 0.3) is 0 Å². The minimum atomic E-state index is -0.524. The summed E-state index contributed by atoms with van der Waals surface area (Å²) in [5, 5.41) is 0. The molecule has 76 valence electrons. The summed E-state index contributed by atoms with van der Waals surface area (Å²) in [6, 6.07) is 0. The van der Waals surface area contributed by atoms with Gasteiger partial charge in [-0.1, -0.05) is 36.7 Å². The zero-order chi connectivity index (χ0) is 10.6. The van der Waals surface area contributed by atoms with E-state index < -0.39 is 16.2 Å². The average molecular weight is 251 g/mol. The summed E-state index contributed by atoms with van der Waals surface area (Å²) >= 11 is 3.10. The first kappa shape index (κ1) is 12.6. The average Bonchev–Trinajstić information content (AvgIpc) is 2.01. The van der Waals surface area contributed by atoms with Gasteiger partial charge in [0.15, 0.2) is 0 Å². The minimum Gasteiger partial charge on any atom is -0.468 e. The number of hydrogen-bond donors (Lipinski definition) is 0. The summed E-state index contributed by atoms with van der Waals surface area (Å²) < 4.78 is 4.49. The first-order valence-electron chi connectivity index (χ1n) is 4.04. The molecule has 0 spiro atoms. The van der Waals surface area contributed by atoms with Gasteiger partial charge in [-0.2, -0.15) is 0 Å². The van der Waals surface area contributed by atoms with E-state index in [2.05, 4.69) is 20.7 Å². The summed E-state index contributed by atoms with van der Waals surface area (Å²) in [4.78, 5) is 21.9. The molecular weight excluding hydrogens is 236 g/mol. The van der Waals surface area contributed by atoms with Crippen molar-refractivity contribution in [3.63, 3.8) is 0 Å². The Morgan fingerprint density at radius 1 is 1.38 bits per heavy atom. The molecule has 0 saturated heterocycles. The largest absolute Gasteiger partial charge is 0.468 e. The van der Waals surface area contributed by atoms with Crippen molar-refractivity contribution in [1.82, 2.24) is 0 Å². The van der Waals surface area contributed by atoms with Crippen LogP contribution in [-0.2, 0) is 14.3 Å². The van der Waals surface area contributed by atoms with E-state index in [1.54, 1.807) is 0 Å². The lowest BCUT2D eigenvalue weighted by Crippen LogP contribution is -2.27. The first-order chi connectivity index (χ1) is 5.79. The van der Waals surface area contributed by atoms with Gasteiger partial charge in [0.25, 0.3) is 0 Å². The summed E-state index contributed by atoms with van der Waals surface area (Å²) in [6.45, 7) is 5.48. The Labute approximate surface area is 87.0 Å². The van der Waals surface area contributed by atoms with Crippen LogP contribution in [0.15, 0.2) is 0 Å². The minimum absolute atomic E-state index is 0.0415. The molecule has 1 atom stereocenters. The Kier molecular flexibility index (Phi) is 4.61. The van der Waals surface area contributed by atoms with Gasteiger partial charge in [0, 0.05) is 11.8 Å². The van der Waals surface area contributed by atoms with E-state index in [9.17, 15) is 9.59 Å². The van der Waals surface area contributed by atoms with Crippen LogP contribution in [0.2, 0.25) is 0 Å². The number of esters is 1. The summed E-state index contributed by atoms with van der Waals surface area (Å²) in [5.41, 5.74) is -0.403. The molecule has 0 aliphatic heterocycles. The van der Waals surface area contributed by atoms with Gasteiger partial charge < -0.3 is 4.74 Å². The molecule has 0 radical (unpaired) electrons. The quantitative estimate of drug-likeness (QED) is 0.568. The van der Waals surface area contributed by atoms with Crippen molar-refractivity contribution >= 4 is 27.7 Å². The monoisotopic (exact) mass is 250 g/mol. The third-order valence-corrected chi connectivity index (χ3v) is 2.36. The fraction of sp³-hybridized carbons (Fsp3) is 0.778. The molecule has 0 saturated carbocycles. The lowest BCUT2D eigenvalue weighted by molar-refractivity contribution is -0.141. The number of carbonyl (C=O) groups excluding carboxylic acids is 2. The normalized spacial score (nSPS) is 13.6. The summed E-state index contributed by atoms with van der Waals surface area (Å²) in [5.74, 6) is -0.364. The Morgan fingerprint density at radius 2 is 1.85 bits per heavy atom. The molecule has 0 heterocycles. The lowest BCUT2D eigenvalue weighted by Gasteiger charge is -2.17. The van der Waals surface area contributed by atoms with Crippen molar-refractivity contribution in [1.29, 1.82) is 0 Å². The number of methoxy groups -OCH3 is 1. The van der Waals surface area contributed by atoms with Crippen molar-refractivity contribution in [2.45, 2.75) is 32.0 Å². The van der Waals surface area contributed by atoms with Crippen LogP contribution in [0.3, 0.4) is 0 Å². The third-order valence-electron chi connectivity index (χ3n) is 1.66. The van der Waals surface area contributed by atoms with Crippen molar-refractivity contribution in [2.24, 2.45) is 5.41 Å². The molecule has 0 aromatic carbocycles. The molecule has 1 unspecified atom stereocenters. The van der Waals surface area contributed by atoms with Gasteiger partial charge in [-0.3, -0.25) is 9.59 Å². The van der Waals surface area contributed by atoms with Crippen LogP contribution in [0.4, 0.5) is 0 Å². The number of ether oxygens (including phenoxy) is 1. The maximum absolute atomic E-state index is 11.5. The van der Waals surface area contributed by atoms with Crippen LogP contribution < -0.4 is 0 Å². The Balaban J connectivity index is 4.15. The van der Waals surface area contributed by atoms with Gasteiger partial charge in [0.1, 0.15) is 10.6 Å². The van der Waals surface area contributed by atoms with E-state index in [0.717, 1.165) is 0 Å². The highest BCUT2D eigenvalue weighted by Gasteiger charge is 2.26. The molecule has 0 bridgehead atoms. The molecular formula is C9H15BrO3. The van der Waals surface area contributed by atoms with E-state index in [-0.39, 0.29) is 12.2 Å². The summed E-state index contributed by atoms with van der Waals surface area (Å²) in [6.07, 6.45) is 0.177. The van der Waals surface area contributed by atoms with Crippen molar-refractivity contribution < 1.29 is 14.3 Å². The number of halogens is 1. The molecule has 0 aromatic heterocycles. The van der Waals surface area contributed by atoms with Gasteiger partial charge in [0.2, 0.25) is 0 Å². The van der Waals surface area contributed by atoms with E-state index in [1.165, 1.54) is 7.11 Å². The lowest BCUT2D eigenvalue weighted by atomic mass is 9.88. The molecule has 0 rings (SSSR count). The molecule has 0 amide bonds. The van der Waals surface area contributed by atoms with E-state index in [4.69, 9.17) is 0 Å². The van der Waals surface area contributed by atoms with Crippen LogP contribution in [0, 0.1) is 5.41 Å². The zero-order valence-corrected chi connectivity index (χ0v) is 9.97. The number of hydrogen-bond acceptors (Lipinski definition) is 3. The van der Waals surface area contributed by atoms with E-state index in [0.29, 0.717) is 0 Å². The Bertz CT molecular complexity index is 205. The molecule has 0 N–H and O–H groups in total. The van der Waals surface area contributed by atoms with Gasteiger partial charge >= 0.3 is 5.97 Å². The van der Waals surface area contributed by atoms with Gasteiger partial charge in [-0.25, -0.2) is 0 Å². The highest BCUT2D eigenvalue weighted by molar-refractivity contribution is 9.10. The fourth-order valence-electron chi connectivity index (χ4n) is 0.680. The number of alkyl halides is 1. The maximum atomic E-state index is 11.5. The molecule has 0 aliphatic rings. The van der Waals surface area contributed by atoms with Gasteiger partial charge in [0.05, 0.1) is 7.11 Å². The van der Waals surface area contributed by atoms with Gasteiger partial charge in [-0.15, -0.1) is 0 Å². The number of carbonyl (C=O) groups is 2. The molecule has 0 aromatic rings. The van der Waals surface area contributed by atoms with Crippen LogP contribution >= 0.6 is 15.9 Å². The van der Waals surface area contributed by atoms with Crippen molar-refractivity contribution in [2.75, 3.05) is 7.11 Å². The third kappa shape index (κ3) is 4.41. The fourth-order valence-corrected chi connectivity index (χ4v) is 1.16. The highest BCUT2D eigenvalue weighted by atomic mass is 79.9. The highest BCUT2D eigenvalue weighted by Crippen LogP contribution is 2.20. The maximum Gasteiger partial charge on any atom is 0.319 e. The Hall–Kier alpha value is -0.380. The van der Waals surface area contributed by atoms with Crippen LogP contribution in [0.1, 0.15) is 27.2 Å². The topological polar surface area (TPSA) is 43.4 Å². The second-order valence-electron chi connectivity index (χ2n) is 3.87. The second-order valence-corrected chi connectivity index (χ2v) is 4.97. The second kappa shape index (κ2) is 4.74. The molecule has 0 aliphatic carbocycles. The number of rotatable bonds is 3. The van der Waals surface area contributed by atoms with E-state index >= 15 is 0 Å². The van der Waals surface area contributed by atoms with Crippen LogP contribution in [-0.4, -0.2) is 23.7 Å². The smallest absolute Gasteiger partial charge is 0.319 e. The molecule has 0 fully saturated rings. The number of Topliss-reactive ketones (excluding diaryl/α,β-unsaturated/α-hetero) is 1. The zero-order valence-electron chi connectivity index (χ0n) is 8.39. The summed E-state index contributed by atoms with van der Waals surface area (Å²) in [7, 11) is 1.30.